The SMILES string of the molecule is CNCc1cc(-c2ccc(OC)cc2Cl)n(C)n1. The van der Waals surface area contributed by atoms with Crippen LogP contribution < -0.4 is 10.1 Å². The Morgan fingerprint density at radius 2 is 2.17 bits per heavy atom. The summed E-state index contributed by atoms with van der Waals surface area (Å²) in [5.41, 5.74) is 2.93. The zero-order valence-corrected chi connectivity index (χ0v) is 11.5. The van der Waals surface area contributed by atoms with Crippen molar-refractivity contribution in [3.8, 4) is 17.0 Å². The van der Waals surface area contributed by atoms with Gasteiger partial charge in [-0.1, -0.05) is 11.6 Å². The number of ether oxygens (including phenoxy) is 1. The number of hydrogen-bond donors (Lipinski definition) is 1. The summed E-state index contributed by atoms with van der Waals surface area (Å²) in [6.07, 6.45) is 0. The predicted molar refractivity (Wildman–Crippen MR) is 73.0 cm³/mol. The molecule has 0 saturated carbocycles. The average molecular weight is 266 g/mol. The molecule has 0 fully saturated rings. The van der Waals surface area contributed by atoms with Crippen LogP contribution in [0.4, 0.5) is 0 Å². The first-order chi connectivity index (χ1) is 8.65. The summed E-state index contributed by atoms with van der Waals surface area (Å²) in [7, 11) is 5.43. The molecule has 1 aromatic heterocycles. The molecule has 0 radical (unpaired) electrons. The van der Waals surface area contributed by atoms with E-state index < -0.39 is 0 Å². The zero-order chi connectivity index (χ0) is 13.1. The molecule has 0 bridgehead atoms. The van der Waals surface area contributed by atoms with Gasteiger partial charge in [0.1, 0.15) is 5.75 Å². The topological polar surface area (TPSA) is 39.1 Å². The quantitative estimate of drug-likeness (QED) is 0.923. The fourth-order valence-electron chi connectivity index (χ4n) is 1.88. The summed E-state index contributed by atoms with van der Waals surface area (Å²) in [4.78, 5) is 0. The molecule has 0 spiro atoms. The lowest BCUT2D eigenvalue weighted by atomic mass is 10.1. The Hall–Kier alpha value is -1.52. The third kappa shape index (κ3) is 2.49. The molecular formula is C13H16ClN3O. The highest BCUT2D eigenvalue weighted by Crippen LogP contribution is 2.31. The van der Waals surface area contributed by atoms with Gasteiger partial charge >= 0.3 is 0 Å². The van der Waals surface area contributed by atoms with E-state index in [1.807, 2.05) is 43.0 Å². The van der Waals surface area contributed by atoms with Gasteiger partial charge in [-0.2, -0.15) is 5.10 Å². The average Bonchev–Trinajstić information content (AvgIpc) is 2.70. The molecule has 96 valence electrons. The van der Waals surface area contributed by atoms with Gasteiger partial charge in [-0.15, -0.1) is 0 Å². The molecule has 2 aromatic rings. The number of nitrogens with zero attached hydrogens (tertiary/aromatic N) is 2. The molecule has 4 nitrogen and oxygen atoms in total. The summed E-state index contributed by atoms with van der Waals surface area (Å²) in [6.45, 7) is 0.738. The fraction of sp³-hybridized carbons (Fsp3) is 0.308. The van der Waals surface area contributed by atoms with Gasteiger partial charge in [-0.05, 0) is 31.3 Å². The Kier molecular flexibility index (Phi) is 3.89. The van der Waals surface area contributed by atoms with Crippen molar-refractivity contribution in [1.29, 1.82) is 0 Å². The first-order valence-electron chi connectivity index (χ1n) is 5.67. The molecule has 1 aromatic carbocycles. The molecule has 0 aliphatic carbocycles. The molecule has 0 aliphatic rings. The van der Waals surface area contributed by atoms with Gasteiger partial charge in [0.25, 0.3) is 0 Å². The maximum Gasteiger partial charge on any atom is 0.120 e. The summed E-state index contributed by atoms with van der Waals surface area (Å²) >= 11 is 6.26. The van der Waals surface area contributed by atoms with E-state index in [1.54, 1.807) is 7.11 Å². The van der Waals surface area contributed by atoms with Crippen LogP contribution in [-0.4, -0.2) is 23.9 Å². The third-order valence-electron chi connectivity index (χ3n) is 2.74. The summed E-state index contributed by atoms with van der Waals surface area (Å²) in [5, 5.41) is 8.17. The van der Waals surface area contributed by atoms with Crippen LogP contribution in [0.15, 0.2) is 24.3 Å². The maximum absolute atomic E-state index is 6.26. The summed E-state index contributed by atoms with van der Waals surface area (Å²) < 4.78 is 6.98. The minimum Gasteiger partial charge on any atom is -0.497 e. The van der Waals surface area contributed by atoms with Crippen LogP contribution in [0.3, 0.4) is 0 Å². The number of nitrogens with one attached hydrogen (secondary N) is 1. The molecular weight excluding hydrogens is 250 g/mol. The normalized spacial score (nSPS) is 10.7. The monoisotopic (exact) mass is 265 g/mol. The van der Waals surface area contributed by atoms with Gasteiger partial charge in [0.15, 0.2) is 0 Å². The highest BCUT2D eigenvalue weighted by Gasteiger charge is 2.11. The molecule has 1 heterocycles. The van der Waals surface area contributed by atoms with Crippen molar-refractivity contribution in [3.63, 3.8) is 0 Å². The number of methoxy groups -OCH3 is 1. The van der Waals surface area contributed by atoms with Crippen molar-refractivity contribution in [2.24, 2.45) is 7.05 Å². The van der Waals surface area contributed by atoms with E-state index >= 15 is 0 Å². The first-order valence-corrected chi connectivity index (χ1v) is 6.05. The van der Waals surface area contributed by atoms with Gasteiger partial charge in [0, 0.05) is 19.2 Å². The molecule has 18 heavy (non-hydrogen) atoms. The van der Waals surface area contributed by atoms with Gasteiger partial charge in [0.2, 0.25) is 0 Å². The van der Waals surface area contributed by atoms with Crippen molar-refractivity contribution >= 4 is 11.6 Å². The number of halogens is 1. The first kappa shape index (κ1) is 12.9. The van der Waals surface area contributed by atoms with Crippen molar-refractivity contribution in [3.05, 3.63) is 35.0 Å². The minimum atomic E-state index is 0.661. The van der Waals surface area contributed by atoms with E-state index in [2.05, 4.69) is 10.4 Å². The number of benzene rings is 1. The van der Waals surface area contributed by atoms with Crippen molar-refractivity contribution in [2.45, 2.75) is 6.54 Å². The maximum atomic E-state index is 6.26. The van der Waals surface area contributed by atoms with Crippen LogP contribution in [0.1, 0.15) is 5.69 Å². The van der Waals surface area contributed by atoms with Crippen molar-refractivity contribution in [2.75, 3.05) is 14.2 Å². The van der Waals surface area contributed by atoms with Crippen molar-refractivity contribution in [1.82, 2.24) is 15.1 Å². The smallest absolute Gasteiger partial charge is 0.120 e. The Morgan fingerprint density at radius 1 is 1.39 bits per heavy atom. The summed E-state index contributed by atoms with van der Waals surface area (Å²) in [6, 6.07) is 7.68. The minimum absolute atomic E-state index is 0.661. The highest BCUT2D eigenvalue weighted by molar-refractivity contribution is 6.33. The Labute approximate surface area is 112 Å². The fourth-order valence-corrected chi connectivity index (χ4v) is 2.14. The van der Waals surface area contributed by atoms with E-state index in [0.29, 0.717) is 5.02 Å². The summed E-state index contributed by atoms with van der Waals surface area (Å²) in [5.74, 6) is 0.751. The number of hydrogen-bond acceptors (Lipinski definition) is 3. The molecule has 2 rings (SSSR count). The van der Waals surface area contributed by atoms with Gasteiger partial charge in [-0.25, -0.2) is 0 Å². The lowest BCUT2D eigenvalue weighted by Crippen LogP contribution is -2.05. The second-order valence-corrected chi connectivity index (χ2v) is 4.43. The number of rotatable bonds is 4. The predicted octanol–water partition coefficient (Wildman–Crippen LogP) is 2.47. The van der Waals surface area contributed by atoms with Crippen LogP contribution >= 0.6 is 11.6 Å². The molecule has 0 atom stereocenters. The standard InChI is InChI=1S/C13H16ClN3O/c1-15-8-9-6-13(17(2)16-9)11-5-4-10(18-3)7-12(11)14/h4-7,15H,8H2,1-3H3. The van der Waals surface area contributed by atoms with Crippen LogP contribution in [-0.2, 0) is 13.6 Å². The number of aromatic nitrogens is 2. The van der Waals surface area contributed by atoms with E-state index in [9.17, 15) is 0 Å². The van der Waals surface area contributed by atoms with Crippen LogP contribution in [0, 0.1) is 0 Å². The van der Waals surface area contributed by atoms with E-state index in [1.165, 1.54) is 0 Å². The molecule has 0 unspecified atom stereocenters. The van der Waals surface area contributed by atoms with Crippen molar-refractivity contribution < 1.29 is 4.74 Å². The molecule has 0 amide bonds. The van der Waals surface area contributed by atoms with Crippen LogP contribution in [0.5, 0.6) is 5.75 Å². The second-order valence-electron chi connectivity index (χ2n) is 4.02. The van der Waals surface area contributed by atoms with Gasteiger partial charge in [0.05, 0.1) is 23.5 Å². The largest absolute Gasteiger partial charge is 0.497 e. The number of aryl methyl sites for hydroxylation is 1. The van der Waals surface area contributed by atoms with E-state index in [4.69, 9.17) is 16.3 Å². The zero-order valence-electron chi connectivity index (χ0n) is 10.7. The second kappa shape index (κ2) is 5.42. The molecule has 0 saturated heterocycles. The Morgan fingerprint density at radius 3 is 2.78 bits per heavy atom. The molecule has 1 N–H and O–H groups in total. The van der Waals surface area contributed by atoms with Gasteiger partial charge < -0.3 is 10.1 Å². The van der Waals surface area contributed by atoms with Crippen LogP contribution in [0.25, 0.3) is 11.3 Å². The van der Waals surface area contributed by atoms with Crippen LogP contribution in [0.2, 0.25) is 5.02 Å². The highest BCUT2D eigenvalue weighted by atomic mass is 35.5. The third-order valence-corrected chi connectivity index (χ3v) is 3.05. The van der Waals surface area contributed by atoms with E-state index in [0.717, 1.165) is 29.2 Å². The molecule has 5 heteroatoms. The lowest BCUT2D eigenvalue weighted by Gasteiger charge is -2.06. The van der Waals surface area contributed by atoms with Gasteiger partial charge in [-0.3, -0.25) is 4.68 Å². The Bertz CT molecular complexity index is 551. The Balaban J connectivity index is 2.41. The molecule has 0 aliphatic heterocycles. The van der Waals surface area contributed by atoms with E-state index in [-0.39, 0.29) is 0 Å². The lowest BCUT2D eigenvalue weighted by molar-refractivity contribution is 0.415.